The van der Waals surface area contributed by atoms with Crippen molar-refractivity contribution in [1.82, 2.24) is 0 Å². The molecule has 0 spiro atoms. The molecule has 0 unspecified atom stereocenters. The lowest BCUT2D eigenvalue weighted by atomic mass is 10.1. The third-order valence-electron chi connectivity index (χ3n) is 9.25. The fourth-order valence-corrected chi connectivity index (χ4v) is 5.73. The summed E-state index contributed by atoms with van der Waals surface area (Å²) < 4.78 is 12.6. The van der Waals surface area contributed by atoms with Crippen molar-refractivity contribution in [2.45, 2.75) is 168 Å². The molecule has 0 amide bonds. The van der Waals surface area contributed by atoms with Gasteiger partial charge in [0.05, 0.1) is 41.3 Å². The Morgan fingerprint density at radius 2 is 0.688 bits per heavy atom. The summed E-state index contributed by atoms with van der Waals surface area (Å²) in [5.41, 5.74) is 0. The van der Waals surface area contributed by atoms with Gasteiger partial charge in [0.2, 0.25) is 0 Å². The predicted molar refractivity (Wildman–Crippen MR) is 197 cm³/mol. The van der Waals surface area contributed by atoms with Crippen LogP contribution in [0.3, 0.4) is 0 Å². The van der Waals surface area contributed by atoms with Crippen molar-refractivity contribution in [2.75, 3.05) is 67.6 Å². The van der Waals surface area contributed by atoms with Crippen molar-refractivity contribution in [3.63, 3.8) is 0 Å². The van der Waals surface area contributed by atoms with E-state index in [0.717, 1.165) is 60.8 Å². The minimum Gasteiger partial charge on any atom is -1.00 e. The number of hydrogen-bond donors (Lipinski definition) is 0. The average Bonchev–Trinajstić information content (AvgIpc) is 3.00. The van der Waals surface area contributed by atoms with Crippen molar-refractivity contribution in [2.24, 2.45) is 0 Å². The van der Waals surface area contributed by atoms with E-state index in [0.29, 0.717) is 26.1 Å². The number of carbonyl (C=O) groups excluding carboxylic acids is 2. The zero-order valence-electron chi connectivity index (χ0n) is 32.7. The van der Waals surface area contributed by atoms with Gasteiger partial charge in [-0.15, -0.1) is 0 Å². The predicted octanol–water partition coefficient (Wildman–Crippen LogP) is 4.19. The second kappa shape index (κ2) is 36.0. The minimum absolute atomic E-state index is 0. The van der Waals surface area contributed by atoms with Crippen LogP contribution in [0.4, 0.5) is 0 Å². The van der Waals surface area contributed by atoms with Crippen LogP contribution >= 0.6 is 0 Å². The molecule has 0 atom stereocenters. The van der Waals surface area contributed by atoms with Gasteiger partial charge in [0.1, 0.15) is 26.3 Å². The molecular weight excluding hydrogens is 643 g/mol. The SMILES string of the molecule is CCCCCCCCCCCCCC(=O)OCC[N+](C)(C)C/C=C/C[N+](C)(C)CCOC(=O)CCCCCCCCCCCCC.[Cl-].[Cl-]. The summed E-state index contributed by atoms with van der Waals surface area (Å²) in [6, 6.07) is 0. The molecule has 0 radical (unpaired) electrons. The second-order valence-corrected chi connectivity index (χ2v) is 15.2. The molecule has 0 aromatic rings. The molecule has 0 rings (SSSR count). The second-order valence-electron chi connectivity index (χ2n) is 15.2. The zero-order valence-corrected chi connectivity index (χ0v) is 34.2. The van der Waals surface area contributed by atoms with Crippen LogP contribution in [0.25, 0.3) is 0 Å². The molecule has 0 aromatic heterocycles. The summed E-state index contributed by atoms with van der Waals surface area (Å²) in [5.74, 6) is -0.102. The molecular formula is C40H80Cl2N2O4. The molecule has 0 saturated heterocycles. The lowest BCUT2D eigenvalue weighted by molar-refractivity contribution is -0.887. The molecule has 0 aliphatic rings. The maximum Gasteiger partial charge on any atom is 0.305 e. The molecule has 8 heteroatoms. The normalized spacial score (nSPS) is 11.7. The number of hydrogen-bond acceptors (Lipinski definition) is 4. The van der Waals surface area contributed by atoms with Gasteiger partial charge in [0.15, 0.2) is 0 Å². The van der Waals surface area contributed by atoms with Gasteiger partial charge >= 0.3 is 11.9 Å². The van der Waals surface area contributed by atoms with E-state index in [1.165, 1.54) is 116 Å². The number of nitrogens with zero attached hydrogens (tertiary/aromatic N) is 2. The highest BCUT2D eigenvalue weighted by atomic mass is 35.5. The van der Waals surface area contributed by atoms with Gasteiger partial charge in [-0.25, -0.2) is 0 Å². The Balaban J connectivity index is -0.0000101. The number of halogens is 2. The van der Waals surface area contributed by atoms with Gasteiger partial charge in [-0.1, -0.05) is 142 Å². The third-order valence-corrected chi connectivity index (χ3v) is 9.25. The van der Waals surface area contributed by atoms with E-state index in [-0.39, 0.29) is 36.8 Å². The quantitative estimate of drug-likeness (QED) is 0.0433. The number of carbonyl (C=O) groups is 2. The van der Waals surface area contributed by atoms with Crippen LogP contribution in [0.2, 0.25) is 0 Å². The molecule has 48 heavy (non-hydrogen) atoms. The summed E-state index contributed by atoms with van der Waals surface area (Å²) in [7, 11) is 8.71. The molecule has 0 bridgehead atoms. The van der Waals surface area contributed by atoms with Gasteiger partial charge in [0, 0.05) is 12.8 Å². The maximum atomic E-state index is 12.2. The number of esters is 2. The highest BCUT2D eigenvalue weighted by molar-refractivity contribution is 5.69. The Kier molecular flexibility index (Phi) is 38.6. The lowest BCUT2D eigenvalue weighted by Gasteiger charge is -2.29. The fraction of sp³-hybridized carbons (Fsp3) is 0.900. The minimum atomic E-state index is -0.0509. The van der Waals surface area contributed by atoms with Crippen molar-refractivity contribution in [1.29, 1.82) is 0 Å². The number of ether oxygens (including phenoxy) is 2. The molecule has 6 nitrogen and oxygen atoms in total. The summed E-state index contributed by atoms with van der Waals surface area (Å²) in [6.07, 6.45) is 33.9. The third kappa shape index (κ3) is 38.0. The van der Waals surface area contributed by atoms with Crippen LogP contribution < -0.4 is 24.8 Å². The first-order chi connectivity index (χ1) is 22.1. The van der Waals surface area contributed by atoms with Gasteiger partial charge in [-0.3, -0.25) is 9.59 Å². The van der Waals surface area contributed by atoms with Crippen molar-refractivity contribution in [3.8, 4) is 0 Å². The van der Waals surface area contributed by atoms with Crippen molar-refractivity contribution < 1.29 is 52.8 Å². The Bertz CT molecular complexity index is 687. The number of rotatable bonds is 34. The van der Waals surface area contributed by atoms with E-state index in [1.807, 2.05) is 0 Å². The Morgan fingerprint density at radius 3 is 0.958 bits per heavy atom. The van der Waals surface area contributed by atoms with E-state index in [4.69, 9.17) is 9.47 Å². The van der Waals surface area contributed by atoms with Crippen LogP contribution in [0.5, 0.6) is 0 Å². The van der Waals surface area contributed by atoms with Crippen LogP contribution in [0.1, 0.15) is 168 Å². The molecule has 0 saturated carbocycles. The highest BCUT2D eigenvalue weighted by Crippen LogP contribution is 2.13. The Hall–Kier alpha value is -0.820. The van der Waals surface area contributed by atoms with Crippen LogP contribution in [-0.4, -0.2) is 88.5 Å². The van der Waals surface area contributed by atoms with Crippen molar-refractivity contribution >= 4 is 11.9 Å². The highest BCUT2D eigenvalue weighted by Gasteiger charge is 2.17. The summed E-state index contributed by atoms with van der Waals surface area (Å²) >= 11 is 0. The summed E-state index contributed by atoms with van der Waals surface area (Å²) in [6.45, 7) is 8.88. The van der Waals surface area contributed by atoms with Gasteiger partial charge in [-0.2, -0.15) is 0 Å². The average molecular weight is 724 g/mol. The van der Waals surface area contributed by atoms with E-state index in [1.54, 1.807) is 0 Å². The largest absolute Gasteiger partial charge is 1.00 e. The molecule has 0 aliphatic heterocycles. The zero-order chi connectivity index (χ0) is 34.2. The van der Waals surface area contributed by atoms with E-state index >= 15 is 0 Å². The molecule has 0 aromatic carbocycles. The van der Waals surface area contributed by atoms with E-state index in [9.17, 15) is 9.59 Å². The smallest absolute Gasteiger partial charge is 0.305 e. The first kappa shape index (κ1) is 51.5. The topological polar surface area (TPSA) is 52.6 Å². The monoisotopic (exact) mass is 723 g/mol. The standard InChI is InChI=1S/C40H80N2O4.2ClH/c1-7-9-11-13-15-17-19-21-23-25-27-31-39(43)45-37-35-41(3,4)33-29-30-34-42(5,6)36-38-46-40(44)32-28-26-24-22-20-18-16-14-12-10-8-2;;/h29-30H,7-28,31-38H2,1-6H3;2*1H/q+2;;/p-2/b30-29+;;. The van der Waals surface area contributed by atoms with Gasteiger partial charge in [-0.05, 0) is 25.0 Å². The van der Waals surface area contributed by atoms with E-state index in [2.05, 4.69) is 54.2 Å². The lowest BCUT2D eigenvalue weighted by Crippen LogP contribution is -3.00. The molecule has 288 valence electrons. The Labute approximate surface area is 311 Å². The van der Waals surface area contributed by atoms with E-state index < -0.39 is 0 Å². The van der Waals surface area contributed by atoms with Crippen molar-refractivity contribution in [3.05, 3.63) is 12.2 Å². The molecule has 0 aliphatic carbocycles. The van der Waals surface area contributed by atoms with Gasteiger partial charge < -0.3 is 43.3 Å². The van der Waals surface area contributed by atoms with Crippen LogP contribution in [0, 0.1) is 0 Å². The Morgan fingerprint density at radius 1 is 0.438 bits per heavy atom. The molecule has 0 N–H and O–H groups in total. The summed E-state index contributed by atoms with van der Waals surface area (Å²) in [5, 5.41) is 0. The number of quaternary nitrogens is 2. The first-order valence-corrected chi connectivity index (χ1v) is 19.7. The maximum absolute atomic E-state index is 12.2. The van der Waals surface area contributed by atoms with Crippen LogP contribution in [0.15, 0.2) is 12.2 Å². The number of likely N-dealkylation sites (N-methyl/N-ethyl adjacent to an activating group) is 2. The van der Waals surface area contributed by atoms with Crippen LogP contribution in [-0.2, 0) is 19.1 Å². The number of unbranched alkanes of at least 4 members (excludes halogenated alkanes) is 20. The fourth-order valence-electron chi connectivity index (χ4n) is 5.73. The molecule has 0 fully saturated rings. The first-order valence-electron chi connectivity index (χ1n) is 19.7. The van der Waals surface area contributed by atoms with Gasteiger partial charge in [0.25, 0.3) is 0 Å². The molecule has 0 heterocycles. The summed E-state index contributed by atoms with van der Waals surface area (Å²) in [4.78, 5) is 24.3.